The first-order valence-electron chi connectivity index (χ1n) is 5.96. The fourth-order valence-electron chi connectivity index (χ4n) is 2.34. The van der Waals surface area contributed by atoms with Crippen molar-refractivity contribution in [1.29, 1.82) is 5.26 Å². The average molecular weight is 265 g/mol. The summed E-state index contributed by atoms with van der Waals surface area (Å²) in [5.74, 6) is 0.420. The molecule has 1 fully saturated rings. The van der Waals surface area contributed by atoms with Gasteiger partial charge in [-0.2, -0.15) is 18.4 Å². The number of nitrogens with zero attached hydrogens (tertiary/aromatic N) is 1. The molecule has 3 rings (SSSR count). The van der Waals surface area contributed by atoms with Gasteiger partial charge in [-0.3, -0.25) is 0 Å². The molecule has 1 heterocycles. The molecule has 2 aromatic rings. The molecule has 0 spiro atoms. The minimum Gasteiger partial charge on any atom is -0.459 e. The first-order chi connectivity index (χ1) is 8.91. The topological polar surface area (TPSA) is 36.9 Å². The Morgan fingerprint density at radius 3 is 2.53 bits per heavy atom. The van der Waals surface area contributed by atoms with Crippen LogP contribution >= 0.6 is 0 Å². The van der Waals surface area contributed by atoms with Crippen LogP contribution in [0.1, 0.15) is 41.2 Å². The molecule has 0 unspecified atom stereocenters. The maximum absolute atomic E-state index is 13.1. The van der Waals surface area contributed by atoms with Gasteiger partial charge in [-0.1, -0.05) is 0 Å². The van der Waals surface area contributed by atoms with Gasteiger partial charge in [0.05, 0.1) is 5.56 Å². The lowest BCUT2D eigenvalue weighted by Crippen LogP contribution is -2.06. The van der Waals surface area contributed by atoms with Crippen LogP contribution in [0.2, 0.25) is 0 Å². The van der Waals surface area contributed by atoms with Gasteiger partial charge in [0.1, 0.15) is 23.0 Å². The number of rotatable bonds is 1. The SMILES string of the molecule is Cc1oc2c(C(F)(F)F)cc(C3CC3)cc2c1C#N. The number of aryl methyl sites for hydroxylation is 1. The molecule has 1 aliphatic carbocycles. The Balaban J connectivity index is 2.37. The lowest BCUT2D eigenvalue weighted by atomic mass is 10.0. The van der Waals surface area contributed by atoms with Crippen molar-refractivity contribution in [2.24, 2.45) is 0 Å². The van der Waals surface area contributed by atoms with E-state index in [1.807, 2.05) is 6.07 Å². The second-order valence-corrected chi connectivity index (χ2v) is 4.86. The van der Waals surface area contributed by atoms with Crippen LogP contribution in [-0.2, 0) is 6.18 Å². The molecule has 1 aromatic carbocycles. The van der Waals surface area contributed by atoms with Gasteiger partial charge in [-0.25, -0.2) is 0 Å². The van der Waals surface area contributed by atoms with Gasteiger partial charge in [0.15, 0.2) is 0 Å². The van der Waals surface area contributed by atoms with E-state index in [4.69, 9.17) is 9.68 Å². The Bertz CT molecular complexity index is 702. The summed E-state index contributed by atoms with van der Waals surface area (Å²) in [6.45, 7) is 1.51. The third kappa shape index (κ3) is 1.88. The molecular formula is C14H10F3NO. The average Bonchev–Trinajstić information content (AvgIpc) is 3.10. The van der Waals surface area contributed by atoms with Crippen LogP contribution in [0.25, 0.3) is 11.0 Å². The van der Waals surface area contributed by atoms with Crippen molar-refractivity contribution < 1.29 is 17.6 Å². The van der Waals surface area contributed by atoms with Crippen LogP contribution in [0.15, 0.2) is 16.5 Å². The molecule has 0 atom stereocenters. The van der Waals surface area contributed by atoms with Crippen LogP contribution < -0.4 is 0 Å². The molecule has 0 bridgehead atoms. The van der Waals surface area contributed by atoms with Crippen LogP contribution in [0.5, 0.6) is 0 Å². The maximum Gasteiger partial charge on any atom is 0.420 e. The number of benzene rings is 1. The number of hydrogen-bond acceptors (Lipinski definition) is 2. The number of halogens is 3. The van der Waals surface area contributed by atoms with Crippen LogP contribution in [0.3, 0.4) is 0 Å². The van der Waals surface area contributed by atoms with Crippen molar-refractivity contribution in [1.82, 2.24) is 0 Å². The predicted molar refractivity (Wildman–Crippen MR) is 62.6 cm³/mol. The van der Waals surface area contributed by atoms with Crippen LogP contribution in [0, 0.1) is 18.3 Å². The van der Waals surface area contributed by atoms with Gasteiger partial charge < -0.3 is 4.42 Å². The second-order valence-electron chi connectivity index (χ2n) is 4.86. The van der Waals surface area contributed by atoms with Gasteiger partial charge in [0.2, 0.25) is 0 Å². The Morgan fingerprint density at radius 2 is 2.00 bits per heavy atom. The van der Waals surface area contributed by atoms with E-state index in [0.29, 0.717) is 5.56 Å². The summed E-state index contributed by atoms with van der Waals surface area (Å²) >= 11 is 0. The van der Waals surface area contributed by atoms with E-state index >= 15 is 0 Å². The molecular weight excluding hydrogens is 255 g/mol. The van der Waals surface area contributed by atoms with E-state index < -0.39 is 11.7 Å². The first-order valence-corrected chi connectivity index (χ1v) is 5.96. The normalized spacial score (nSPS) is 15.7. The summed E-state index contributed by atoms with van der Waals surface area (Å²) in [6.07, 6.45) is -2.66. The lowest BCUT2D eigenvalue weighted by molar-refractivity contribution is -0.136. The van der Waals surface area contributed by atoms with Crippen molar-refractivity contribution in [2.45, 2.75) is 31.9 Å². The molecule has 5 heteroatoms. The van der Waals surface area contributed by atoms with Crippen molar-refractivity contribution in [3.63, 3.8) is 0 Å². The zero-order chi connectivity index (χ0) is 13.8. The monoisotopic (exact) mass is 265 g/mol. The summed E-state index contributed by atoms with van der Waals surface area (Å²) < 4.78 is 44.4. The highest BCUT2D eigenvalue weighted by molar-refractivity contribution is 5.88. The Kier molecular flexibility index (Phi) is 2.40. The predicted octanol–water partition coefficient (Wildman–Crippen LogP) is 4.51. The summed E-state index contributed by atoms with van der Waals surface area (Å²) in [6, 6.07) is 4.74. The molecule has 19 heavy (non-hydrogen) atoms. The summed E-state index contributed by atoms with van der Waals surface area (Å²) in [7, 11) is 0. The van der Waals surface area contributed by atoms with Gasteiger partial charge in [0, 0.05) is 5.39 Å². The first kappa shape index (κ1) is 12.1. The smallest absolute Gasteiger partial charge is 0.420 e. The van der Waals surface area contributed by atoms with E-state index in [-0.39, 0.29) is 28.2 Å². The maximum atomic E-state index is 13.1. The fraction of sp³-hybridized carbons (Fsp3) is 0.357. The summed E-state index contributed by atoms with van der Waals surface area (Å²) in [4.78, 5) is 0. The highest BCUT2D eigenvalue weighted by atomic mass is 19.4. The van der Waals surface area contributed by atoms with E-state index in [0.717, 1.165) is 18.9 Å². The van der Waals surface area contributed by atoms with E-state index in [2.05, 4.69) is 0 Å². The summed E-state index contributed by atoms with van der Waals surface area (Å²) in [5, 5.41) is 9.33. The molecule has 1 aromatic heterocycles. The molecule has 98 valence electrons. The van der Waals surface area contributed by atoms with Crippen molar-refractivity contribution in [3.05, 3.63) is 34.6 Å². The third-order valence-corrected chi connectivity index (χ3v) is 3.45. The molecule has 1 aliphatic rings. The standard InChI is InChI=1S/C14H10F3NO/c1-7-11(6-18)10-4-9(8-2-3-8)5-12(13(10)19-7)14(15,16)17/h4-5,8H,2-3H2,1H3. The van der Waals surface area contributed by atoms with E-state index in [1.165, 1.54) is 6.92 Å². The second kappa shape index (κ2) is 3.77. The molecule has 0 radical (unpaired) electrons. The zero-order valence-corrected chi connectivity index (χ0v) is 10.1. The summed E-state index contributed by atoms with van der Waals surface area (Å²) in [5.41, 5.74) is -0.164. The van der Waals surface area contributed by atoms with E-state index in [1.54, 1.807) is 6.07 Å². The molecule has 0 N–H and O–H groups in total. The van der Waals surface area contributed by atoms with E-state index in [9.17, 15) is 13.2 Å². The highest BCUT2D eigenvalue weighted by Gasteiger charge is 2.37. The third-order valence-electron chi connectivity index (χ3n) is 3.45. The Morgan fingerprint density at radius 1 is 1.32 bits per heavy atom. The van der Waals surface area contributed by atoms with Crippen molar-refractivity contribution >= 4 is 11.0 Å². The van der Waals surface area contributed by atoms with Crippen molar-refractivity contribution in [3.8, 4) is 6.07 Å². The number of fused-ring (bicyclic) bond motifs is 1. The van der Waals surface area contributed by atoms with Gasteiger partial charge in [-0.15, -0.1) is 0 Å². The van der Waals surface area contributed by atoms with Crippen molar-refractivity contribution in [2.75, 3.05) is 0 Å². The van der Waals surface area contributed by atoms with Crippen LogP contribution in [0.4, 0.5) is 13.2 Å². The van der Waals surface area contributed by atoms with Gasteiger partial charge >= 0.3 is 6.18 Å². The number of alkyl halides is 3. The largest absolute Gasteiger partial charge is 0.459 e. The lowest BCUT2D eigenvalue weighted by Gasteiger charge is -2.09. The molecule has 1 saturated carbocycles. The quantitative estimate of drug-likeness (QED) is 0.760. The number of hydrogen-bond donors (Lipinski definition) is 0. The Hall–Kier alpha value is -1.96. The Labute approximate surface area is 107 Å². The zero-order valence-electron chi connectivity index (χ0n) is 10.1. The molecule has 2 nitrogen and oxygen atoms in total. The number of nitriles is 1. The van der Waals surface area contributed by atoms with Gasteiger partial charge in [-0.05, 0) is 43.4 Å². The fourth-order valence-corrected chi connectivity index (χ4v) is 2.34. The van der Waals surface area contributed by atoms with Gasteiger partial charge in [0.25, 0.3) is 0 Å². The minimum atomic E-state index is -4.47. The van der Waals surface area contributed by atoms with Crippen LogP contribution in [-0.4, -0.2) is 0 Å². The highest BCUT2D eigenvalue weighted by Crippen LogP contribution is 2.45. The molecule has 0 amide bonds. The minimum absolute atomic E-state index is 0.187. The molecule has 0 saturated heterocycles. The number of furan rings is 1. The molecule has 0 aliphatic heterocycles.